The van der Waals surface area contributed by atoms with Crippen LogP contribution in [0, 0.1) is 23.3 Å². The van der Waals surface area contributed by atoms with Gasteiger partial charge in [-0.1, -0.05) is 30.3 Å². The summed E-state index contributed by atoms with van der Waals surface area (Å²) in [4.78, 5) is 38.7. The molecule has 0 fully saturated rings. The minimum Gasteiger partial charge on any atom is -0.497 e. The Bertz CT molecular complexity index is 1800. The summed E-state index contributed by atoms with van der Waals surface area (Å²) in [5, 5.41) is 6.78. The van der Waals surface area contributed by atoms with Crippen molar-refractivity contribution >= 4 is 46.9 Å². The van der Waals surface area contributed by atoms with Crippen LogP contribution in [0.15, 0.2) is 89.5 Å². The van der Waals surface area contributed by atoms with E-state index in [1.54, 1.807) is 59.9 Å². The van der Waals surface area contributed by atoms with Crippen LogP contribution in [-0.4, -0.2) is 30.6 Å². The number of alkyl halides is 3. The molecule has 244 valence electrons. The van der Waals surface area contributed by atoms with Crippen molar-refractivity contribution in [1.29, 1.82) is 0 Å². The van der Waals surface area contributed by atoms with Gasteiger partial charge >= 0.3 is 6.18 Å². The highest BCUT2D eigenvalue weighted by Crippen LogP contribution is 2.38. The number of ether oxygens (including phenoxy) is 1. The minimum absolute atomic E-state index is 0.0992. The maximum absolute atomic E-state index is 14.1. The first kappa shape index (κ1) is 34.6. The standard InChI is InChI=1S/C32H22F7N3O4S/c1-46-20-9-5-6-17(14-20)15-22(41-30(44)18-7-3-2-4-8-18)31(45)40-19-10-12-21(13-11-19)47-16-23(43)42-29-27(35)25(33)24(32(37,38)39)26(34)28(29)36/h2-15H,16H2,1H3,(H,40,45)(H,41,44)(H,42,43)/b22-15-. The molecular formula is C32H22F7N3O4S. The molecule has 0 saturated heterocycles. The van der Waals surface area contributed by atoms with Crippen molar-refractivity contribution in [2.45, 2.75) is 11.1 Å². The molecule has 0 radical (unpaired) electrons. The first-order valence-electron chi connectivity index (χ1n) is 13.3. The van der Waals surface area contributed by atoms with Gasteiger partial charge in [0, 0.05) is 16.1 Å². The number of rotatable bonds is 10. The van der Waals surface area contributed by atoms with Crippen LogP contribution < -0.4 is 20.7 Å². The van der Waals surface area contributed by atoms with Crippen molar-refractivity contribution < 1.29 is 49.9 Å². The summed E-state index contributed by atoms with van der Waals surface area (Å²) in [7, 11) is 1.48. The lowest BCUT2D eigenvalue weighted by Gasteiger charge is -2.14. The number of carbonyl (C=O) groups is 3. The average molecular weight is 678 g/mol. The van der Waals surface area contributed by atoms with Crippen LogP contribution in [0.25, 0.3) is 6.08 Å². The van der Waals surface area contributed by atoms with Gasteiger partial charge in [-0.15, -0.1) is 11.8 Å². The van der Waals surface area contributed by atoms with Crippen molar-refractivity contribution in [1.82, 2.24) is 5.32 Å². The van der Waals surface area contributed by atoms with Crippen molar-refractivity contribution in [3.05, 3.63) is 125 Å². The number of halogens is 7. The molecule has 4 aromatic rings. The van der Waals surface area contributed by atoms with Crippen LogP contribution in [0.5, 0.6) is 5.75 Å². The van der Waals surface area contributed by atoms with Crippen molar-refractivity contribution in [2.24, 2.45) is 0 Å². The van der Waals surface area contributed by atoms with E-state index < -0.39 is 64.2 Å². The number of amides is 3. The van der Waals surface area contributed by atoms with Crippen LogP contribution in [0.1, 0.15) is 21.5 Å². The monoisotopic (exact) mass is 677 g/mol. The molecule has 4 aromatic carbocycles. The molecule has 0 aliphatic heterocycles. The second kappa shape index (κ2) is 14.9. The highest BCUT2D eigenvalue weighted by atomic mass is 32.2. The van der Waals surface area contributed by atoms with Crippen LogP contribution in [0.3, 0.4) is 0 Å². The molecule has 0 aromatic heterocycles. The Morgan fingerprint density at radius 1 is 0.809 bits per heavy atom. The summed E-state index contributed by atoms with van der Waals surface area (Å²) in [6.07, 6.45) is -4.27. The molecule has 0 spiro atoms. The number of carbonyl (C=O) groups excluding carboxylic acids is 3. The smallest absolute Gasteiger partial charge is 0.422 e. The Balaban J connectivity index is 1.43. The number of hydrogen-bond acceptors (Lipinski definition) is 5. The number of thioether (sulfide) groups is 1. The largest absolute Gasteiger partial charge is 0.497 e. The highest BCUT2D eigenvalue weighted by Gasteiger charge is 2.42. The zero-order valence-electron chi connectivity index (χ0n) is 24.0. The third-order valence-corrected chi connectivity index (χ3v) is 7.24. The van der Waals surface area contributed by atoms with E-state index >= 15 is 0 Å². The molecule has 0 heterocycles. The zero-order valence-corrected chi connectivity index (χ0v) is 24.8. The van der Waals surface area contributed by atoms with Gasteiger partial charge in [0.25, 0.3) is 11.8 Å². The van der Waals surface area contributed by atoms with Gasteiger partial charge in [-0.25, -0.2) is 17.6 Å². The fourth-order valence-electron chi connectivity index (χ4n) is 3.99. The summed E-state index contributed by atoms with van der Waals surface area (Å²) in [6.45, 7) is 0. The number of nitrogens with one attached hydrogen (secondary N) is 3. The predicted molar refractivity (Wildman–Crippen MR) is 161 cm³/mol. The molecule has 7 nitrogen and oxygen atoms in total. The molecule has 0 unspecified atom stereocenters. The molecular weight excluding hydrogens is 655 g/mol. The molecule has 3 N–H and O–H groups in total. The molecule has 47 heavy (non-hydrogen) atoms. The quantitative estimate of drug-likeness (QED) is 0.0704. The summed E-state index contributed by atoms with van der Waals surface area (Å²) in [5.41, 5.74) is -3.43. The predicted octanol–water partition coefficient (Wildman–Crippen LogP) is 7.41. The third kappa shape index (κ3) is 8.70. The molecule has 15 heteroatoms. The van der Waals surface area contributed by atoms with Crippen LogP contribution in [-0.2, 0) is 15.8 Å². The number of methoxy groups -OCH3 is 1. The van der Waals surface area contributed by atoms with Gasteiger partial charge in [-0.2, -0.15) is 13.2 Å². The van der Waals surface area contributed by atoms with Crippen molar-refractivity contribution in [2.75, 3.05) is 23.5 Å². The van der Waals surface area contributed by atoms with E-state index in [1.165, 1.54) is 37.5 Å². The normalized spacial score (nSPS) is 11.5. The molecule has 3 amide bonds. The molecule has 0 bridgehead atoms. The number of hydrogen-bond donors (Lipinski definition) is 3. The highest BCUT2D eigenvalue weighted by molar-refractivity contribution is 8.00. The van der Waals surface area contributed by atoms with E-state index in [-0.39, 0.29) is 11.4 Å². The maximum Gasteiger partial charge on any atom is 0.422 e. The Morgan fingerprint density at radius 3 is 2.04 bits per heavy atom. The topological polar surface area (TPSA) is 96.5 Å². The van der Waals surface area contributed by atoms with Gasteiger partial charge in [0.2, 0.25) is 5.91 Å². The zero-order chi connectivity index (χ0) is 34.3. The number of benzene rings is 4. The van der Waals surface area contributed by atoms with E-state index in [9.17, 15) is 45.1 Å². The van der Waals surface area contributed by atoms with E-state index in [0.717, 1.165) is 11.8 Å². The van der Waals surface area contributed by atoms with E-state index in [4.69, 9.17) is 4.74 Å². The van der Waals surface area contributed by atoms with Gasteiger partial charge in [0.1, 0.15) is 22.7 Å². The van der Waals surface area contributed by atoms with Gasteiger partial charge < -0.3 is 20.7 Å². The van der Waals surface area contributed by atoms with Crippen LogP contribution in [0.2, 0.25) is 0 Å². The SMILES string of the molecule is COc1cccc(/C=C(\NC(=O)c2ccccc2)C(=O)Nc2ccc(SCC(=O)Nc3c(F)c(F)c(C(F)(F)F)c(F)c3F)cc2)c1. The molecule has 4 rings (SSSR count). The summed E-state index contributed by atoms with van der Waals surface area (Å²) in [6, 6.07) is 20.7. The van der Waals surface area contributed by atoms with E-state index in [1.807, 2.05) is 0 Å². The van der Waals surface area contributed by atoms with Gasteiger partial charge in [0.05, 0.1) is 12.9 Å². The molecule has 0 atom stereocenters. The Morgan fingerprint density at radius 2 is 1.45 bits per heavy atom. The third-order valence-electron chi connectivity index (χ3n) is 6.23. The lowest BCUT2D eigenvalue weighted by molar-refractivity contribution is -0.143. The lowest BCUT2D eigenvalue weighted by Crippen LogP contribution is -2.30. The van der Waals surface area contributed by atoms with Gasteiger partial charge in [-0.3, -0.25) is 14.4 Å². The maximum atomic E-state index is 14.1. The Hall–Kier alpha value is -5.31. The molecule has 0 saturated carbocycles. The first-order valence-corrected chi connectivity index (χ1v) is 14.3. The lowest BCUT2D eigenvalue weighted by atomic mass is 10.1. The second-order valence-corrected chi connectivity index (χ2v) is 10.5. The summed E-state index contributed by atoms with van der Waals surface area (Å²) >= 11 is 0.803. The molecule has 0 aliphatic carbocycles. The minimum atomic E-state index is -5.72. The fourth-order valence-corrected chi connectivity index (χ4v) is 4.69. The second-order valence-electron chi connectivity index (χ2n) is 9.47. The van der Waals surface area contributed by atoms with Crippen molar-refractivity contribution in [3.63, 3.8) is 0 Å². The average Bonchev–Trinajstić information content (AvgIpc) is 3.05. The van der Waals surface area contributed by atoms with E-state index in [2.05, 4.69) is 10.6 Å². The molecule has 0 aliphatic rings. The summed E-state index contributed by atoms with van der Waals surface area (Å²) < 4.78 is 99.5. The summed E-state index contributed by atoms with van der Waals surface area (Å²) in [5.74, 6) is -12.7. The Kier molecular flexibility index (Phi) is 10.9. The van der Waals surface area contributed by atoms with Gasteiger partial charge in [-0.05, 0) is 60.2 Å². The number of anilines is 2. The fraction of sp³-hybridized carbons (Fsp3) is 0.0938. The van der Waals surface area contributed by atoms with Crippen LogP contribution >= 0.6 is 11.8 Å². The van der Waals surface area contributed by atoms with Crippen LogP contribution in [0.4, 0.5) is 42.1 Å². The van der Waals surface area contributed by atoms with Gasteiger partial charge in [0.15, 0.2) is 23.3 Å². The van der Waals surface area contributed by atoms with E-state index in [0.29, 0.717) is 21.8 Å². The van der Waals surface area contributed by atoms with Crippen molar-refractivity contribution in [3.8, 4) is 5.75 Å². The first-order chi connectivity index (χ1) is 22.3. The Labute approximate surface area is 266 Å².